The minimum absolute atomic E-state index is 0. The van der Waals surface area contributed by atoms with Gasteiger partial charge < -0.3 is 0 Å². The number of carbonyl (C=O) groups is 1. The highest BCUT2D eigenvalue weighted by Crippen LogP contribution is 2.35. The lowest BCUT2D eigenvalue weighted by Gasteiger charge is -2.29. The molecular formula is C21H19IO. The molecule has 3 aromatic rings. The summed E-state index contributed by atoms with van der Waals surface area (Å²) in [5.74, 6) is 0.116. The Morgan fingerprint density at radius 2 is 1.00 bits per heavy atom. The quantitative estimate of drug-likeness (QED) is 0.408. The molecule has 0 fully saturated rings. The smallest absolute Gasteiger partial charge is 0.177 e. The molecule has 0 heterocycles. The van der Waals surface area contributed by atoms with Gasteiger partial charge in [0, 0.05) is 5.56 Å². The zero-order valence-electron chi connectivity index (χ0n) is 13.0. The van der Waals surface area contributed by atoms with Crippen molar-refractivity contribution >= 4 is 29.8 Å². The van der Waals surface area contributed by atoms with Crippen LogP contribution in [0.5, 0.6) is 0 Å². The summed E-state index contributed by atoms with van der Waals surface area (Å²) in [5.41, 5.74) is 2.06. The summed E-state index contributed by atoms with van der Waals surface area (Å²) in [7, 11) is 0. The highest BCUT2D eigenvalue weighted by molar-refractivity contribution is 14.0. The van der Waals surface area contributed by atoms with Crippen LogP contribution in [-0.4, -0.2) is 5.78 Å². The van der Waals surface area contributed by atoms with Crippen molar-refractivity contribution in [1.29, 1.82) is 0 Å². The minimum Gasteiger partial charge on any atom is -0.293 e. The number of hydrogen-bond acceptors (Lipinski definition) is 1. The second kappa shape index (κ2) is 7.55. The zero-order chi connectivity index (χ0) is 15.4. The van der Waals surface area contributed by atoms with Crippen molar-refractivity contribution < 1.29 is 4.79 Å². The number of rotatable bonds is 4. The number of benzene rings is 3. The topological polar surface area (TPSA) is 17.1 Å². The Bertz CT molecular complexity index is 712. The van der Waals surface area contributed by atoms with E-state index in [1.54, 1.807) is 0 Å². The Labute approximate surface area is 154 Å². The summed E-state index contributed by atoms with van der Waals surface area (Å²) in [5, 5.41) is 0. The number of hydrogen-bond donors (Lipinski definition) is 0. The Balaban J connectivity index is 0.00000192. The molecule has 0 saturated heterocycles. The summed E-state index contributed by atoms with van der Waals surface area (Å²) in [6.07, 6.45) is 0. The van der Waals surface area contributed by atoms with Gasteiger partial charge in [0.1, 0.15) is 0 Å². The van der Waals surface area contributed by atoms with Gasteiger partial charge in [-0.25, -0.2) is 0 Å². The van der Waals surface area contributed by atoms with Crippen molar-refractivity contribution in [2.45, 2.75) is 12.3 Å². The predicted octanol–water partition coefficient (Wildman–Crippen LogP) is 5.49. The molecule has 0 aliphatic rings. The molecule has 2 heteroatoms. The monoisotopic (exact) mass is 414 g/mol. The van der Waals surface area contributed by atoms with Crippen LogP contribution in [0.1, 0.15) is 28.4 Å². The van der Waals surface area contributed by atoms with Gasteiger partial charge in [0.25, 0.3) is 0 Å². The van der Waals surface area contributed by atoms with Crippen LogP contribution in [0.25, 0.3) is 0 Å². The molecule has 0 unspecified atom stereocenters. The van der Waals surface area contributed by atoms with Crippen LogP contribution in [0.4, 0.5) is 0 Å². The third-order valence-electron chi connectivity index (χ3n) is 4.19. The molecule has 0 bridgehead atoms. The van der Waals surface area contributed by atoms with Gasteiger partial charge in [0.15, 0.2) is 5.78 Å². The van der Waals surface area contributed by atoms with Crippen LogP contribution in [0.3, 0.4) is 0 Å². The fourth-order valence-corrected chi connectivity index (χ4v) is 2.85. The number of carbonyl (C=O) groups excluding carboxylic acids is 1. The highest BCUT2D eigenvalue weighted by atomic mass is 127. The summed E-state index contributed by atoms with van der Waals surface area (Å²) in [6, 6.07) is 29.5. The van der Waals surface area contributed by atoms with Gasteiger partial charge in [-0.1, -0.05) is 91.0 Å². The van der Waals surface area contributed by atoms with Gasteiger partial charge in [0.05, 0.1) is 5.41 Å². The largest absolute Gasteiger partial charge is 0.293 e. The first-order valence-corrected chi connectivity index (χ1v) is 7.44. The Hall–Kier alpha value is -1.94. The Kier molecular flexibility index (Phi) is 5.72. The highest BCUT2D eigenvalue weighted by Gasteiger charge is 2.37. The van der Waals surface area contributed by atoms with Gasteiger partial charge in [0.2, 0.25) is 0 Å². The maximum Gasteiger partial charge on any atom is 0.177 e. The maximum absolute atomic E-state index is 13.3. The molecule has 1 nitrogen and oxygen atoms in total. The lowest BCUT2D eigenvalue weighted by atomic mass is 9.71. The molecule has 0 atom stereocenters. The van der Waals surface area contributed by atoms with Gasteiger partial charge in [-0.2, -0.15) is 0 Å². The van der Waals surface area contributed by atoms with Crippen molar-refractivity contribution in [3.8, 4) is 0 Å². The average molecular weight is 414 g/mol. The number of halogens is 1. The maximum atomic E-state index is 13.3. The predicted molar refractivity (Wildman–Crippen MR) is 106 cm³/mol. The van der Waals surface area contributed by atoms with Crippen molar-refractivity contribution in [2.75, 3.05) is 0 Å². The number of Topliss-reactive ketones (excluding diaryl/α,β-unsaturated/α-hetero) is 1. The van der Waals surface area contributed by atoms with Crippen molar-refractivity contribution in [3.05, 3.63) is 108 Å². The van der Waals surface area contributed by atoms with Crippen LogP contribution in [0.2, 0.25) is 0 Å². The third kappa shape index (κ3) is 3.37. The van der Waals surface area contributed by atoms with E-state index in [2.05, 4.69) is 0 Å². The van der Waals surface area contributed by atoms with Gasteiger partial charge in [-0.15, -0.1) is 24.0 Å². The SMILES string of the molecule is CC(C(=O)c1ccccc1)(c1ccccc1)c1ccccc1.I. The van der Waals surface area contributed by atoms with Gasteiger partial charge in [-0.3, -0.25) is 4.79 Å². The second-order valence-corrected chi connectivity index (χ2v) is 5.55. The van der Waals surface area contributed by atoms with Crippen LogP contribution in [0.15, 0.2) is 91.0 Å². The molecule has 0 saturated carbocycles. The van der Waals surface area contributed by atoms with E-state index in [0.29, 0.717) is 0 Å². The van der Waals surface area contributed by atoms with Crippen LogP contribution >= 0.6 is 24.0 Å². The van der Waals surface area contributed by atoms with Crippen molar-refractivity contribution in [1.82, 2.24) is 0 Å². The normalized spacial score (nSPS) is 10.7. The molecular weight excluding hydrogens is 395 g/mol. The van der Waals surface area contributed by atoms with Crippen LogP contribution in [0, 0.1) is 0 Å². The van der Waals surface area contributed by atoms with Gasteiger partial charge in [-0.05, 0) is 18.1 Å². The van der Waals surface area contributed by atoms with E-state index in [-0.39, 0.29) is 29.8 Å². The summed E-state index contributed by atoms with van der Waals surface area (Å²) in [4.78, 5) is 13.3. The molecule has 3 aromatic carbocycles. The first-order valence-electron chi connectivity index (χ1n) is 7.44. The van der Waals surface area contributed by atoms with E-state index in [1.807, 2.05) is 97.9 Å². The molecule has 3 rings (SSSR count). The first-order chi connectivity index (χ1) is 10.7. The Morgan fingerprint density at radius 1 is 0.652 bits per heavy atom. The molecule has 23 heavy (non-hydrogen) atoms. The standard InChI is InChI=1S/C21H18O.HI/c1-21(18-13-7-3-8-14-18,19-15-9-4-10-16-19)20(22)17-11-5-2-6-12-17;/h2-16H,1H3;1H. The van der Waals surface area contributed by atoms with Crippen LogP contribution in [-0.2, 0) is 5.41 Å². The minimum atomic E-state index is -0.691. The molecule has 0 aromatic heterocycles. The number of ketones is 1. The molecule has 0 amide bonds. The van der Waals surface area contributed by atoms with E-state index >= 15 is 0 Å². The molecule has 0 spiro atoms. The van der Waals surface area contributed by atoms with E-state index in [0.717, 1.165) is 16.7 Å². The Morgan fingerprint density at radius 3 is 1.39 bits per heavy atom. The third-order valence-corrected chi connectivity index (χ3v) is 4.19. The lowest BCUT2D eigenvalue weighted by molar-refractivity contribution is 0.0922. The molecule has 116 valence electrons. The van der Waals surface area contributed by atoms with Crippen molar-refractivity contribution in [2.24, 2.45) is 0 Å². The summed E-state index contributed by atoms with van der Waals surface area (Å²) in [6.45, 7) is 2.01. The molecule has 0 aliphatic carbocycles. The second-order valence-electron chi connectivity index (χ2n) is 5.55. The fourth-order valence-electron chi connectivity index (χ4n) is 2.85. The van der Waals surface area contributed by atoms with E-state index in [1.165, 1.54) is 0 Å². The molecule has 0 radical (unpaired) electrons. The van der Waals surface area contributed by atoms with E-state index in [4.69, 9.17) is 0 Å². The average Bonchev–Trinajstić information content (AvgIpc) is 2.62. The first kappa shape index (κ1) is 17.4. The van der Waals surface area contributed by atoms with Crippen molar-refractivity contribution in [3.63, 3.8) is 0 Å². The molecule has 0 aliphatic heterocycles. The van der Waals surface area contributed by atoms with Crippen LogP contribution < -0.4 is 0 Å². The molecule has 0 N–H and O–H groups in total. The lowest BCUT2D eigenvalue weighted by Crippen LogP contribution is -2.34. The van der Waals surface area contributed by atoms with E-state index < -0.39 is 5.41 Å². The summed E-state index contributed by atoms with van der Waals surface area (Å²) < 4.78 is 0. The zero-order valence-corrected chi connectivity index (χ0v) is 15.3. The fraction of sp³-hybridized carbons (Fsp3) is 0.0952. The summed E-state index contributed by atoms with van der Waals surface area (Å²) >= 11 is 0. The van der Waals surface area contributed by atoms with Gasteiger partial charge >= 0.3 is 0 Å². The van der Waals surface area contributed by atoms with E-state index in [9.17, 15) is 4.79 Å².